The molecule has 2 heterocycles. The molecule has 1 aromatic heterocycles. The highest BCUT2D eigenvalue weighted by molar-refractivity contribution is 5.85. The minimum atomic E-state index is -0.316. The molecule has 0 spiro atoms. The summed E-state index contributed by atoms with van der Waals surface area (Å²) in [5, 5.41) is 3.40. The highest BCUT2D eigenvalue weighted by Gasteiger charge is 2.26. The van der Waals surface area contributed by atoms with Crippen LogP contribution in [0.5, 0.6) is 5.75 Å². The van der Waals surface area contributed by atoms with E-state index in [1.165, 1.54) is 6.07 Å². The Kier molecular flexibility index (Phi) is 6.38. The van der Waals surface area contributed by atoms with Gasteiger partial charge in [-0.15, -0.1) is 12.4 Å². The van der Waals surface area contributed by atoms with Gasteiger partial charge in [0.15, 0.2) is 11.6 Å². The van der Waals surface area contributed by atoms with Crippen LogP contribution in [0.25, 0.3) is 0 Å². The lowest BCUT2D eigenvalue weighted by atomic mass is 10.2. The molecule has 5 nitrogen and oxygen atoms in total. The van der Waals surface area contributed by atoms with E-state index in [0.29, 0.717) is 12.4 Å². The van der Waals surface area contributed by atoms with Crippen LogP contribution in [0.1, 0.15) is 11.9 Å². The second-order valence-corrected chi connectivity index (χ2v) is 5.43. The molecule has 3 rings (SSSR count). The van der Waals surface area contributed by atoms with E-state index in [0.717, 1.165) is 32.0 Å². The van der Waals surface area contributed by atoms with Crippen LogP contribution in [0.15, 0.2) is 36.7 Å². The first-order valence-electron chi connectivity index (χ1n) is 7.55. The minimum Gasteiger partial charge on any atom is -0.489 e. The van der Waals surface area contributed by atoms with Crippen molar-refractivity contribution in [1.82, 2.24) is 19.8 Å². The van der Waals surface area contributed by atoms with Crippen LogP contribution in [0.4, 0.5) is 4.39 Å². The molecule has 1 aromatic carbocycles. The molecule has 1 aliphatic rings. The van der Waals surface area contributed by atoms with Crippen molar-refractivity contribution in [3.63, 3.8) is 0 Å². The molecule has 1 atom stereocenters. The first-order chi connectivity index (χ1) is 10.8. The molecule has 2 aromatic rings. The van der Waals surface area contributed by atoms with E-state index >= 15 is 0 Å². The predicted molar refractivity (Wildman–Crippen MR) is 89.5 cm³/mol. The largest absolute Gasteiger partial charge is 0.489 e. The average Bonchev–Trinajstić information content (AvgIpc) is 2.96. The molecule has 126 valence electrons. The van der Waals surface area contributed by atoms with E-state index in [9.17, 15) is 4.39 Å². The van der Waals surface area contributed by atoms with E-state index in [-0.39, 0.29) is 24.3 Å². The summed E-state index contributed by atoms with van der Waals surface area (Å²) in [6.45, 7) is 3.94. The molecule has 0 amide bonds. The zero-order valence-electron chi connectivity index (χ0n) is 13.1. The summed E-state index contributed by atoms with van der Waals surface area (Å²) in [7, 11) is 2.00. The highest BCUT2D eigenvalue weighted by Crippen LogP contribution is 2.20. The van der Waals surface area contributed by atoms with Crippen molar-refractivity contribution in [2.24, 2.45) is 7.05 Å². The van der Waals surface area contributed by atoms with Gasteiger partial charge < -0.3 is 14.6 Å². The van der Waals surface area contributed by atoms with Crippen molar-refractivity contribution in [2.75, 3.05) is 32.8 Å². The fraction of sp³-hybridized carbons (Fsp3) is 0.438. The number of piperazine rings is 1. The van der Waals surface area contributed by atoms with Gasteiger partial charge in [-0.25, -0.2) is 9.37 Å². The van der Waals surface area contributed by atoms with Crippen LogP contribution < -0.4 is 10.1 Å². The molecule has 7 heteroatoms. The van der Waals surface area contributed by atoms with E-state index < -0.39 is 0 Å². The first kappa shape index (κ1) is 17.7. The molecule has 0 saturated carbocycles. The zero-order valence-corrected chi connectivity index (χ0v) is 13.9. The Labute approximate surface area is 141 Å². The van der Waals surface area contributed by atoms with Gasteiger partial charge in [0, 0.05) is 45.6 Å². The van der Waals surface area contributed by atoms with Gasteiger partial charge in [0.05, 0.1) is 6.04 Å². The third-order valence-corrected chi connectivity index (χ3v) is 3.98. The van der Waals surface area contributed by atoms with Crippen LogP contribution in [0, 0.1) is 5.82 Å². The molecular formula is C16H22ClFN4O. The third kappa shape index (κ3) is 4.22. The average molecular weight is 341 g/mol. The lowest BCUT2D eigenvalue weighted by molar-refractivity contribution is 0.125. The normalized spacial score (nSPS) is 18.4. The number of aromatic nitrogens is 2. The van der Waals surface area contributed by atoms with Crippen molar-refractivity contribution >= 4 is 12.4 Å². The SMILES string of the molecule is Cl.Cn1ccnc1C1CNCCN1CCOc1ccccc1F. The summed E-state index contributed by atoms with van der Waals surface area (Å²) < 4.78 is 21.2. The number of aryl methyl sites for hydroxylation is 1. The van der Waals surface area contributed by atoms with Gasteiger partial charge in [0.1, 0.15) is 12.4 Å². The summed E-state index contributed by atoms with van der Waals surface area (Å²) >= 11 is 0. The molecule has 1 fully saturated rings. The predicted octanol–water partition coefficient (Wildman–Crippen LogP) is 2.01. The Morgan fingerprint density at radius 1 is 1.39 bits per heavy atom. The maximum Gasteiger partial charge on any atom is 0.165 e. The van der Waals surface area contributed by atoms with Gasteiger partial charge in [-0.2, -0.15) is 0 Å². The molecule has 1 saturated heterocycles. The number of para-hydroxylation sites is 1. The number of ether oxygens (including phenoxy) is 1. The molecule has 1 unspecified atom stereocenters. The lowest BCUT2D eigenvalue weighted by Crippen LogP contribution is -2.48. The Bertz CT molecular complexity index is 622. The van der Waals surface area contributed by atoms with Crippen molar-refractivity contribution in [1.29, 1.82) is 0 Å². The zero-order chi connectivity index (χ0) is 15.4. The van der Waals surface area contributed by atoms with Gasteiger partial charge in [-0.3, -0.25) is 4.90 Å². The fourth-order valence-electron chi connectivity index (χ4n) is 2.80. The summed E-state index contributed by atoms with van der Waals surface area (Å²) in [6.07, 6.45) is 3.77. The van der Waals surface area contributed by atoms with E-state index in [1.807, 2.05) is 24.0 Å². The quantitative estimate of drug-likeness (QED) is 0.904. The number of benzene rings is 1. The highest BCUT2D eigenvalue weighted by atomic mass is 35.5. The number of hydrogen-bond donors (Lipinski definition) is 1. The van der Waals surface area contributed by atoms with Crippen molar-refractivity contribution < 1.29 is 9.13 Å². The van der Waals surface area contributed by atoms with Crippen LogP contribution in [-0.4, -0.2) is 47.2 Å². The number of nitrogens with one attached hydrogen (secondary N) is 1. The van der Waals surface area contributed by atoms with Crippen LogP contribution in [0.3, 0.4) is 0 Å². The van der Waals surface area contributed by atoms with Crippen molar-refractivity contribution in [3.8, 4) is 5.75 Å². The summed E-state index contributed by atoms with van der Waals surface area (Å²) in [6, 6.07) is 6.73. The summed E-state index contributed by atoms with van der Waals surface area (Å²) in [4.78, 5) is 6.78. The van der Waals surface area contributed by atoms with Gasteiger partial charge in [0.25, 0.3) is 0 Å². The van der Waals surface area contributed by atoms with Gasteiger partial charge >= 0.3 is 0 Å². The number of hydrogen-bond acceptors (Lipinski definition) is 4. The van der Waals surface area contributed by atoms with Gasteiger partial charge in [-0.1, -0.05) is 12.1 Å². The number of nitrogens with zero attached hydrogens (tertiary/aromatic N) is 3. The molecule has 0 bridgehead atoms. The van der Waals surface area contributed by atoms with E-state index in [4.69, 9.17) is 4.74 Å². The molecule has 1 N–H and O–H groups in total. The topological polar surface area (TPSA) is 42.3 Å². The standard InChI is InChI=1S/C16H21FN4O.ClH/c1-20-8-7-19-16(20)14-12-18-6-9-21(14)10-11-22-15-5-3-2-4-13(15)17;/h2-5,7-8,14,18H,6,9-12H2,1H3;1H. The molecule has 0 radical (unpaired) electrons. The van der Waals surface area contributed by atoms with Crippen LogP contribution in [0.2, 0.25) is 0 Å². The third-order valence-electron chi connectivity index (χ3n) is 3.98. The number of halogens is 2. The summed E-state index contributed by atoms with van der Waals surface area (Å²) in [5.41, 5.74) is 0. The lowest BCUT2D eigenvalue weighted by Gasteiger charge is -2.35. The molecule has 0 aliphatic carbocycles. The van der Waals surface area contributed by atoms with Crippen LogP contribution in [-0.2, 0) is 7.05 Å². The second kappa shape index (κ2) is 8.29. The maximum atomic E-state index is 13.5. The Hall–Kier alpha value is -1.63. The van der Waals surface area contributed by atoms with Crippen LogP contribution >= 0.6 is 12.4 Å². The Balaban J connectivity index is 0.00000192. The van der Waals surface area contributed by atoms with Crippen molar-refractivity contribution in [3.05, 3.63) is 48.3 Å². The maximum absolute atomic E-state index is 13.5. The van der Waals surface area contributed by atoms with Gasteiger partial charge in [0.2, 0.25) is 0 Å². The number of rotatable bonds is 5. The summed E-state index contributed by atoms with van der Waals surface area (Å²) in [5.74, 6) is 1.03. The second-order valence-electron chi connectivity index (χ2n) is 5.43. The fourth-order valence-corrected chi connectivity index (χ4v) is 2.80. The Morgan fingerprint density at radius 3 is 2.96 bits per heavy atom. The molecule has 1 aliphatic heterocycles. The molecule has 23 heavy (non-hydrogen) atoms. The minimum absolute atomic E-state index is 0. The van der Waals surface area contributed by atoms with Crippen molar-refractivity contribution in [2.45, 2.75) is 6.04 Å². The molecular weight excluding hydrogens is 319 g/mol. The monoisotopic (exact) mass is 340 g/mol. The first-order valence-corrected chi connectivity index (χ1v) is 7.55. The van der Waals surface area contributed by atoms with E-state index in [1.54, 1.807) is 18.2 Å². The van der Waals surface area contributed by atoms with E-state index in [2.05, 4.69) is 15.2 Å². The smallest absolute Gasteiger partial charge is 0.165 e. The van der Waals surface area contributed by atoms with Gasteiger partial charge in [-0.05, 0) is 12.1 Å². The number of imidazole rings is 1. The Morgan fingerprint density at radius 2 is 2.22 bits per heavy atom.